The topological polar surface area (TPSA) is 26.3 Å². The summed E-state index contributed by atoms with van der Waals surface area (Å²) in [6, 6.07) is 9.40. The number of hydrogen-bond donors (Lipinski definition) is 0. The third-order valence-corrected chi connectivity index (χ3v) is 4.25. The zero-order valence-corrected chi connectivity index (χ0v) is 15.9. The molecule has 1 radical (unpaired) electrons. The number of halogens is 1. The fourth-order valence-corrected chi connectivity index (χ4v) is 3.02. The number of para-hydroxylation sites is 1. The Hall–Kier alpha value is -0.276. The van der Waals surface area contributed by atoms with Crippen molar-refractivity contribution in [2.45, 2.75) is 44.7 Å². The first kappa shape index (κ1) is 19.8. The number of ether oxygens (including phenoxy) is 1. The standard InChI is InChI=1S/C18H24FO2.Y/c1-2-3-4-8-11-15-16(18(20)12-17(15)19)13-21-14-9-6-5-7-10-14;/h5-7,9-10,15-17H,1-4,8,11-13H2;/q-1;/t15-,16-,17?;/m1./s1. The number of hydrogen-bond acceptors (Lipinski definition) is 2. The van der Waals surface area contributed by atoms with Crippen molar-refractivity contribution in [3.05, 3.63) is 37.3 Å². The van der Waals surface area contributed by atoms with Crippen LogP contribution in [0.2, 0.25) is 0 Å². The number of rotatable bonds is 8. The fourth-order valence-electron chi connectivity index (χ4n) is 3.02. The average Bonchev–Trinajstić information content (AvgIpc) is 2.76. The molecule has 1 saturated carbocycles. The molecule has 2 rings (SSSR count). The van der Waals surface area contributed by atoms with Crippen LogP contribution >= 0.6 is 0 Å². The van der Waals surface area contributed by atoms with Crippen LogP contribution in [0.1, 0.15) is 38.5 Å². The number of benzene rings is 1. The van der Waals surface area contributed by atoms with Crippen molar-refractivity contribution in [1.82, 2.24) is 0 Å². The predicted molar refractivity (Wildman–Crippen MR) is 81.9 cm³/mol. The Morgan fingerprint density at radius 1 is 1.18 bits per heavy atom. The van der Waals surface area contributed by atoms with E-state index in [1.165, 1.54) is 0 Å². The summed E-state index contributed by atoms with van der Waals surface area (Å²) in [5.41, 5.74) is 0. The molecule has 1 aromatic carbocycles. The number of unbranched alkanes of at least 4 members (excludes halogenated alkanes) is 3. The quantitative estimate of drug-likeness (QED) is 0.494. The van der Waals surface area contributed by atoms with Gasteiger partial charge in [-0.25, -0.2) is 4.39 Å². The van der Waals surface area contributed by atoms with Crippen LogP contribution in [-0.2, 0) is 37.5 Å². The molecule has 0 aliphatic heterocycles. The van der Waals surface area contributed by atoms with E-state index in [0.717, 1.165) is 37.9 Å². The smallest absolute Gasteiger partial charge is 0.142 e. The molecule has 1 aliphatic rings. The van der Waals surface area contributed by atoms with E-state index in [2.05, 4.69) is 6.92 Å². The third kappa shape index (κ3) is 5.73. The van der Waals surface area contributed by atoms with Gasteiger partial charge in [-0.05, 0) is 18.6 Å². The zero-order valence-electron chi connectivity index (χ0n) is 13.0. The van der Waals surface area contributed by atoms with Crippen LogP contribution in [-0.4, -0.2) is 18.6 Å². The molecule has 0 aromatic heterocycles. The first-order valence-electron chi connectivity index (χ1n) is 7.86. The number of carbonyl (C=O) groups is 1. The SMILES string of the molecule is [CH2-]CCCCC[C@H]1C(F)CC(=O)[C@@H]1COc1ccccc1.[Y]. The first-order chi connectivity index (χ1) is 10.2. The summed E-state index contributed by atoms with van der Waals surface area (Å²) >= 11 is 0. The molecule has 0 spiro atoms. The molecule has 4 heteroatoms. The second-order valence-electron chi connectivity index (χ2n) is 5.78. The van der Waals surface area contributed by atoms with Crippen LogP contribution in [0.15, 0.2) is 30.3 Å². The summed E-state index contributed by atoms with van der Waals surface area (Å²) in [6.45, 7) is 4.11. The minimum atomic E-state index is -0.998. The summed E-state index contributed by atoms with van der Waals surface area (Å²) in [5, 5.41) is 0. The molecule has 1 unspecified atom stereocenters. The van der Waals surface area contributed by atoms with Gasteiger partial charge in [-0.1, -0.05) is 37.5 Å². The van der Waals surface area contributed by atoms with Crippen molar-refractivity contribution in [2.75, 3.05) is 6.61 Å². The largest absolute Gasteiger partial charge is 0.493 e. The minimum absolute atomic E-state index is 0. The van der Waals surface area contributed by atoms with Crippen LogP contribution in [0.3, 0.4) is 0 Å². The number of carbonyl (C=O) groups excluding carboxylic acids is 1. The molecule has 2 nitrogen and oxygen atoms in total. The maximum atomic E-state index is 14.0. The van der Waals surface area contributed by atoms with E-state index in [-0.39, 0.29) is 56.7 Å². The van der Waals surface area contributed by atoms with Crippen molar-refractivity contribution in [3.63, 3.8) is 0 Å². The monoisotopic (exact) mass is 380 g/mol. The van der Waals surface area contributed by atoms with Crippen molar-refractivity contribution in [3.8, 4) is 5.75 Å². The van der Waals surface area contributed by atoms with Crippen LogP contribution in [0.25, 0.3) is 0 Å². The van der Waals surface area contributed by atoms with Gasteiger partial charge in [0.25, 0.3) is 0 Å². The normalized spacial score (nSPS) is 24.1. The van der Waals surface area contributed by atoms with Crippen LogP contribution in [0.4, 0.5) is 4.39 Å². The van der Waals surface area contributed by atoms with E-state index in [9.17, 15) is 9.18 Å². The number of Topliss-reactive ketones (excluding diaryl/α,β-unsaturated/α-hetero) is 1. The van der Waals surface area contributed by atoms with Crippen molar-refractivity contribution < 1.29 is 46.6 Å². The van der Waals surface area contributed by atoms with E-state index >= 15 is 0 Å². The van der Waals surface area contributed by atoms with Gasteiger partial charge in [0.05, 0.1) is 12.5 Å². The van der Waals surface area contributed by atoms with E-state index in [0.29, 0.717) is 6.61 Å². The van der Waals surface area contributed by atoms with Crippen LogP contribution in [0, 0.1) is 18.8 Å². The molecule has 0 amide bonds. The first-order valence-corrected chi connectivity index (χ1v) is 7.86. The minimum Gasteiger partial charge on any atom is -0.493 e. The van der Waals surface area contributed by atoms with Crippen molar-refractivity contribution in [2.24, 2.45) is 11.8 Å². The van der Waals surface area contributed by atoms with Gasteiger partial charge in [0.2, 0.25) is 0 Å². The van der Waals surface area contributed by atoms with Gasteiger partial charge in [-0.15, -0.1) is 0 Å². The molecule has 1 aromatic rings. The fraction of sp³-hybridized carbons (Fsp3) is 0.556. The number of alkyl halides is 1. The Morgan fingerprint density at radius 3 is 2.59 bits per heavy atom. The molecule has 22 heavy (non-hydrogen) atoms. The second kappa shape index (κ2) is 10.5. The molecule has 119 valence electrons. The maximum absolute atomic E-state index is 14.0. The van der Waals surface area contributed by atoms with Crippen molar-refractivity contribution >= 4 is 5.78 Å². The van der Waals surface area contributed by atoms with Gasteiger partial charge in [-0.2, -0.15) is 6.42 Å². The Morgan fingerprint density at radius 2 is 1.91 bits per heavy atom. The Kier molecular flexibility index (Phi) is 9.43. The number of ketones is 1. The van der Waals surface area contributed by atoms with Gasteiger partial charge in [0.15, 0.2) is 0 Å². The zero-order chi connectivity index (χ0) is 15.1. The molecule has 3 atom stereocenters. The summed E-state index contributed by atoms with van der Waals surface area (Å²) in [4.78, 5) is 12.0. The summed E-state index contributed by atoms with van der Waals surface area (Å²) in [7, 11) is 0. The molecular formula is C18H24FO2Y-. The molecule has 0 saturated heterocycles. The summed E-state index contributed by atoms with van der Waals surface area (Å²) < 4.78 is 19.7. The van der Waals surface area contributed by atoms with Crippen LogP contribution in [0.5, 0.6) is 5.75 Å². The van der Waals surface area contributed by atoms with Crippen molar-refractivity contribution in [1.29, 1.82) is 0 Å². The van der Waals surface area contributed by atoms with Gasteiger partial charge in [0.1, 0.15) is 17.7 Å². The van der Waals surface area contributed by atoms with Gasteiger partial charge < -0.3 is 11.7 Å². The Balaban J connectivity index is 0.00000242. The van der Waals surface area contributed by atoms with Crippen LogP contribution < -0.4 is 4.74 Å². The molecule has 0 heterocycles. The van der Waals surface area contributed by atoms with E-state index in [1.807, 2.05) is 30.3 Å². The van der Waals surface area contributed by atoms with E-state index in [4.69, 9.17) is 4.74 Å². The maximum Gasteiger partial charge on any atom is 0.142 e. The average molecular weight is 380 g/mol. The summed E-state index contributed by atoms with van der Waals surface area (Å²) in [6.07, 6.45) is 3.86. The van der Waals surface area contributed by atoms with Gasteiger partial charge in [-0.3, -0.25) is 4.79 Å². The van der Waals surface area contributed by atoms with Gasteiger partial charge in [0, 0.05) is 45.0 Å². The van der Waals surface area contributed by atoms with Gasteiger partial charge >= 0.3 is 0 Å². The molecule has 1 fully saturated rings. The Labute approximate surface area is 158 Å². The molecule has 0 N–H and O–H groups in total. The van der Waals surface area contributed by atoms with E-state index < -0.39 is 6.17 Å². The molecule has 0 bridgehead atoms. The Bertz CT molecular complexity index is 438. The summed E-state index contributed by atoms with van der Waals surface area (Å²) in [5.74, 6) is 0.287. The third-order valence-electron chi connectivity index (χ3n) is 4.25. The van der Waals surface area contributed by atoms with E-state index in [1.54, 1.807) is 0 Å². The second-order valence-corrected chi connectivity index (χ2v) is 5.78. The predicted octanol–water partition coefficient (Wildman–Crippen LogP) is 4.39. The molecule has 1 aliphatic carbocycles. The molecular weight excluding hydrogens is 356 g/mol.